The first-order chi connectivity index (χ1) is 11.5. The SMILES string of the molecule is O=C(CN1CCN(c2ccc(Cl)cc2)C1=O)Nc1ccccc1Cl. The molecule has 1 N–H and O–H groups in total. The Kier molecular flexibility index (Phi) is 4.92. The van der Waals surface area contributed by atoms with Crippen LogP contribution in [-0.4, -0.2) is 36.5 Å². The van der Waals surface area contributed by atoms with Crippen LogP contribution in [0, 0.1) is 0 Å². The van der Waals surface area contributed by atoms with E-state index in [9.17, 15) is 9.59 Å². The van der Waals surface area contributed by atoms with Gasteiger partial charge in [0.15, 0.2) is 0 Å². The highest BCUT2D eigenvalue weighted by molar-refractivity contribution is 6.33. The number of hydrogen-bond donors (Lipinski definition) is 1. The van der Waals surface area contributed by atoms with Gasteiger partial charge in [-0.2, -0.15) is 0 Å². The quantitative estimate of drug-likeness (QED) is 0.895. The van der Waals surface area contributed by atoms with E-state index in [1.165, 1.54) is 4.90 Å². The van der Waals surface area contributed by atoms with Crippen molar-refractivity contribution in [2.75, 3.05) is 29.9 Å². The fraction of sp³-hybridized carbons (Fsp3) is 0.176. The minimum Gasteiger partial charge on any atom is -0.323 e. The van der Waals surface area contributed by atoms with Crippen molar-refractivity contribution in [1.82, 2.24) is 4.90 Å². The first-order valence-electron chi connectivity index (χ1n) is 7.41. The third-order valence-electron chi connectivity index (χ3n) is 3.72. The Morgan fingerprint density at radius 3 is 2.46 bits per heavy atom. The van der Waals surface area contributed by atoms with Gasteiger partial charge in [-0.15, -0.1) is 0 Å². The summed E-state index contributed by atoms with van der Waals surface area (Å²) in [6.45, 7) is 0.991. The Morgan fingerprint density at radius 1 is 1.04 bits per heavy atom. The molecule has 0 aromatic heterocycles. The molecule has 1 saturated heterocycles. The molecule has 0 bridgehead atoms. The van der Waals surface area contributed by atoms with Crippen LogP contribution < -0.4 is 10.2 Å². The summed E-state index contributed by atoms with van der Waals surface area (Å²) >= 11 is 11.9. The molecule has 7 heteroatoms. The standard InChI is InChI=1S/C17H15Cl2N3O2/c18-12-5-7-13(8-6-12)22-10-9-21(17(22)24)11-16(23)20-15-4-2-1-3-14(15)19/h1-8H,9-11H2,(H,20,23). The summed E-state index contributed by atoms with van der Waals surface area (Å²) in [5.41, 5.74) is 1.30. The summed E-state index contributed by atoms with van der Waals surface area (Å²) in [6, 6.07) is 13.8. The van der Waals surface area contributed by atoms with Gasteiger partial charge in [-0.3, -0.25) is 9.69 Å². The Morgan fingerprint density at radius 2 is 1.75 bits per heavy atom. The second-order valence-corrected chi connectivity index (χ2v) is 6.20. The smallest absolute Gasteiger partial charge is 0.323 e. The van der Waals surface area contributed by atoms with E-state index >= 15 is 0 Å². The van der Waals surface area contributed by atoms with Crippen LogP contribution in [0.2, 0.25) is 10.0 Å². The van der Waals surface area contributed by atoms with Crippen molar-refractivity contribution in [3.63, 3.8) is 0 Å². The molecule has 0 radical (unpaired) electrons. The second-order valence-electron chi connectivity index (χ2n) is 5.36. The van der Waals surface area contributed by atoms with Gasteiger partial charge < -0.3 is 10.2 Å². The number of anilines is 2. The van der Waals surface area contributed by atoms with Gasteiger partial charge in [-0.05, 0) is 36.4 Å². The molecule has 3 amide bonds. The van der Waals surface area contributed by atoms with Crippen LogP contribution in [-0.2, 0) is 4.79 Å². The van der Waals surface area contributed by atoms with Gasteiger partial charge in [-0.1, -0.05) is 35.3 Å². The fourth-order valence-electron chi connectivity index (χ4n) is 2.52. The molecule has 0 atom stereocenters. The van der Waals surface area contributed by atoms with Crippen LogP contribution in [0.5, 0.6) is 0 Å². The van der Waals surface area contributed by atoms with Gasteiger partial charge in [0.2, 0.25) is 5.91 Å². The van der Waals surface area contributed by atoms with Gasteiger partial charge in [0.05, 0.1) is 10.7 Å². The molecule has 24 heavy (non-hydrogen) atoms. The van der Waals surface area contributed by atoms with Crippen LogP contribution in [0.25, 0.3) is 0 Å². The molecule has 1 aliphatic heterocycles. The van der Waals surface area contributed by atoms with E-state index in [1.807, 2.05) is 0 Å². The van der Waals surface area contributed by atoms with Crippen LogP contribution in [0.15, 0.2) is 48.5 Å². The number of carbonyl (C=O) groups is 2. The molecule has 2 aromatic rings. The van der Waals surface area contributed by atoms with E-state index in [4.69, 9.17) is 23.2 Å². The maximum Gasteiger partial charge on any atom is 0.325 e. The highest BCUT2D eigenvalue weighted by atomic mass is 35.5. The van der Waals surface area contributed by atoms with Gasteiger partial charge >= 0.3 is 6.03 Å². The third kappa shape index (κ3) is 3.63. The molecule has 1 aliphatic rings. The van der Waals surface area contributed by atoms with Crippen LogP contribution >= 0.6 is 23.2 Å². The molecular formula is C17H15Cl2N3O2. The first-order valence-corrected chi connectivity index (χ1v) is 8.16. The number of nitrogens with one attached hydrogen (secondary N) is 1. The van der Waals surface area contributed by atoms with Crippen molar-refractivity contribution in [3.8, 4) is 0 Å². The van der Waals surface area contributed by atoms with E-state index in [2.05, 4.69) is 5.32 Å². The van der Waals surface area contributed by atoms with Crippen LogP contribution in [0.1, 0.15) is 0 Å². The lowest BCUT2D eigenvalue weighted by atomic mass is 10.3. The van der Waals surface area contributed by atoms with Crippen molar-refractivity contribution in [3.05, 3.63) is 58.6 Å². The summed E-state index contributed by atoms with van der Waals surface area (Å²) in [5.74, 6) is -0.283. The molecule has 3 rings (SSSR count). The number of halogens is 2. The number of rotatable bonds is 4. The fourth-order valence-corrected chi connectivity index (χ4v) is 2.82. The minimum atomic E-state index is -0.283. The van der Waals surface area contributed by atoms with Crippen LogP contribution in [0.4, 0.5) is 16.2 Å². The predicted molar refractivity (Wildman–Crippen MR) is 95.8 cm³/mol. The van der Waals surface area contributed by atoms with Crippen molar-refractivity contribution < 1.29 is 9.59 Å². The van der Waals surface area contributed by atoms with Gasteiger partial charge in [0, 0.05) is 23.8 Å². The number of benzene rings is 2. The zero-order valence-electron chi connectivity index (χ0n) is 12.7. The number of urea groups is 1. The lowest BCUT2D eigenvalue weighted by molar-refractivity contribution is -0.116. The maximum absolute atomic E-state index is 12.5. The second kappa shape index (κ2) is 7.11. The van der Waals surface area contributed by atoms with Crippen molar-refractivity contribution in [2.24, 2.45) is 0 Å². The van der Waals surface area contributed by atoms with E-state index < -0.39 is 0 Å². The molecule has 0 aliphatic carbocycles. The lowest BCUT2D eigenvalue weighted by Gasteiger charge is -2.18. The Hall–Kier alpha value is -2.24. The highest BCUT2D eigenvalue weighted by Crippen LogP contribution is 2.23. The zero-order valence-corrected chi connectivity index (χ0v) is 14.2. The number of para-hydroxylation sites is 1. The van der Waals surface area contributed by atoms with Crippen LogP contribution in [0.3, 0.4) is 0 Å². The van der Waals surface area contributed by atoms with Gasteiger partial charge in [0.1, 0.15) is 6.54 Å². The lowest BCUT2D eigenvalue weighted by Crippen LogP contribution is -2.37. The number of amides is 3. The Balaban J connectivity index is 1.62. The Labute approximate surface area is 149 Å². The molecular weight excluding hydrogens is 349 g/mol. The van der Waals surface area contributed by atoms with E-state index in [0.29, 0.717) is 28.8 Å². The third-order valence-corrected chi connectivity index (χ3v) is 4.30. The summed E-state index contributed by atoms with van der Waals surface area (Å²) in [6.07, 6.45) is 0. The van der Waals surface area contributed by atoms with E-state index in [0.717, 1.165) is 5.69 Å². The number of carbonyl (C=O) groups excluding carboxylic acids is 2. The predicted octanol–water partition coefficient (Wildman–Crippen LogP) is 3.87. The summed E-state index contributed by atoms with van der Waals surface area (Å²) in [5, 5.41) is 3.79. The van der Waals surface area contributed by atoms with Crippen molar-refractivity contribution >= 4 is 46.5 Å². The molecule has 1 fully saturated rings. The Bertz CT molecular complexity index is 765. The molecule has 2 aromatic carbocycles. The largest absolute Gasteiger partial charge is 0.325 e. The minimum absolute atomic E-state index is 0.0197. The van der Waals surface area contributed by atoms with Gasteiger partial charge in [-0.25, -0.2) is 4.79 Å². The molecule has 0 saturated carbocycles. The number of hydrogen-bond acceptors (Lipinski definition) is 2. The summed E-state index contributed by atoms with van der Waals surface area (Å²) < 4.78 is 0. The molecule has 1 heterocycles. The van der Waals surface area contributed by atoms with E-state index in [-0.39, 0.29) is 18.5 Å². The molecule has 0 unspecified atom stereocenters. The maximum atomic E-state index is 12.5. The van der Waals surface area contributed by atoms with Gasteiger partial charge in [0.25, 0.3) is 0 Å². The molecule has 124 valence electrons. The first kappa shape index (κ1) is 16.6. The van der Waals surface area contributed by atoms with E-state index in [1.54, 1.807) is 53.4 Å². The molecule has 5 nitrogen and oxygen atoms in total. The number of nitrogens with zero attached hydrogens (tertiary/aromatic N) is 2. The summed E-state index contributed by atoms with van der Waals surface area (Å²) in [7, 11) is 0. The average molecular weight is 364 g/mol. The normalized spacial score (nSPS) is 14.2. The monoisotopic (exact) mass is 363 g/mol. The summed E-state index contributed by atoms with van der Waals surface area (Å²) in [4.78, 5) is 27.7. The molecule has 0 spiro atoms. The average Bonchev–Trinajstić information content (AvgIpc) is 2.91. The zero-order chi connectivity index (χ0) is 17.1. The highest BCUT2D eigenvalue weighted by Gasteiger charge is 2.30. The van der Waals surface area contributed by atoms with Crippen molar-refractivity contribution in [2.45, 2.75) is 0 Å². The topological polar surface area (TPSA) is 52.7 Å². The van der Waals surface area contributed by atoms with Crippen molar-refractivity contribution in [1.29, 1.82) is 0 Å².